The minimum atomic E-state index is -0.643. The lowest BCUT2D eigenvalue weighted by Gasteiger charge is -2.43. The normalized spacial score (nSPS) is 17.9. The quantitative estimate of drug-likeness (QED) is 0.259. The maximum absolute atomic E-state index is 14.3. The number of H-pyrrole nitrogens is 1. The summed E-state index contributed by atoms with van der Waals surface area (Å²) in [5.74, 6) is 0.472. The number of hydrogen-bond donors (Lipinski definition) is 1. The zero-order valence-electron chi connectivity index (χ0n) is 20.8. The van der Waals surface area contributed by atoms with Crippen LogP contribution in [-0.2, 0) is 0 Å². The molecule has 1 aliphatic rings. The number of carbonyl (C=O) groups excluding carboxylic acids is 1. The second-order valence-electron chi connectivity index (χ2n) is 9.23. The Kier molecular flexibility index (Phi) is 6.11. The van der Waals surface area contributed by atoms with Crippen molar-refractivity contribution in [3.8, 4) is 16.9 Å². The maximum Gasteiger partial charge on any atom is 0.258 e. The molecular weight excluding hydrogens is 509 g/mol. The number of piperazine rings is 1. The summed E-state index contributed by atoms with van der Waals surface area (Å²) in [6.45, 7) is 5.25. The number of ether oxygens (including phenoxy) is 1. The van der Waals surface area contributed by atoms with E-state index in [1.54, 1.807) is 22.8 Å². The number of fused-ring (bicyclic) bond motifs is 3. The fourth-order valence-corrected chi connectivity index (χ4v) is 5.50. The number of rotatable bonds is 5. The van der Waals surface area contributed by atoms with Crippen molar-refractivity contribution in [1.82, 2.24) is 29.7 Å². The molecule has 5 heterocycles. The Hall–Kier alpha value is -4.18. The summed E-state index contributed by atoms with van der Waals surface area (Å²) in [6, 6.07) is 11.6. The molecule has 0 saturated carbocycles. The molecule has 0 aliphatic carbocycles. The number of amides is 1. The highest BCUT2D eigenvalue weighted by molar-refractivity contribution is 6.22. The average molecular weight is 534 g/mol. The Balaban J connectivity index is 1.28. The van der Waals surface area contributed by atoms with Gasteiger partial charge in [0, 0.05) is 29.9 Å². The van der Waals surface area contributed by atoms with Gasteiger partial charge in [-0.3, -0.25) is 9.89 Å². The van der Waals surface area contributed by atoms with Gasteiger partial charge in [0.2, 0.25) is 0 Å². The van der Waals surface area contributed by atoms with Crippen molar-refractivity contribution < 1.29 is 13.9 Å². The van der Waals surface area contributed by atoms with Crippen molar-refractivity contribution in [3.63, 3.8) is 0 Å². The van der Waals surface area contributed by atoms with Gasteiger partial charge in [-0.15, -0.1) is 5.10 Å². The average Bonchev–Trinajstić information content (AvgIpc) is 3.49. The zero-order valence-corrected chi connectivity index (χ0v) is 21.6. The Morgan fingerprint density at radius 2 is 2.05 bits per heavy atom. The highest BCUT2D eigenvalue weighted by atomic mass is 35.5. The number of halogens is 2. The number of anilines is 1. The molecular formula is C27H25ClFN7O2. The summed E-state index contributed by atoms with van der Waals surface area (Å²) >= 11 is 6.67. The number of aromatic amines is 1. The Morgan fingerprint density at radius 3 is 2.79 bits per heavy atom. The van der Waals surface area contributed by atoms with Crippen molar-refractivity contribution in [2.75, 3.05) is 24.6 Å². The van der Waals surface area contributed by atoms with E-state index in [2.05, 4.69) is 15.3 Å². The Labute approximate surface area is 222 Å². The van der Waals surface area contributed by atoms with Gasteiger partial charge in [-0.05, 0) is 44.2 Å². The second kappa shape index (κ2) is 9.60. The molecule has 5 aromatic rings. The summed E-state index contributed by atoms with van der Waals surface area (Å²) in [5.41, 5.74) is 2.79. The Bertz CT molecular complexity index is 1620. The van der Waals surface area contributed by atoms with Crippen LogP contribution in [0.25, 0.3) is 27.7 Å². The topological polar surface area (TPSA) is 91.6 Å². The third-order valence-corrected chi connectivity index (χ3v) is 7.12. The molecule has 1 saturated heterocycles. The molecule has 0 spiro atoms. The van der Waals surface area contributed by atoms with Gasteiger partial charge in [0.05, 0.1) is 42.0 Å². The van der Waals surface area contributed by atoms with Crippen LogP contribution in [0, 0.1) is 5.82 Å². The summed E-state index contributed by atoms with van der Waals surface area (Å²) in [6.07, 6.45) is 5.42. The number of pyridine rings is 2. The molecule has 11 heteroatoms. The monoisotopic (exact) mass is 533 g/mol. The number of alkyl halides is 1. The number of carbonyl (C=O) groups is 1. The van der Waals surface area contributed by atoms with Crippen molar-refractivity contribution in [2.45, 2.75) is 25.4 Å². The standard InChI is InChI=1S/C27H25ClFN7O2/c1-3-38-18-10-20(25-21-12-31-32-26(21)33-35(25)14-18)17-8-9-24(30-11-17)34-13-16(2)36(23(28)15-34)27(37)19-6-4-5-7-22(19)29/h4-12,14,16,23H,3,13,15H2,1-2H3,(H,32,33). The van der Waals surface area contributed by atoms with Gasteiger partial charge in [0.15, 0.2) is 5.65 Å². The third kappa shape index (κ3) is 4.10. The SMILES string of the molecule is CCOc1cc(-c2ccc(N3CC(C)N(C(=O)c4ccccc4F)C(Cl)C3)nc2)c2c3cn[nH]c3nn2c1. The van der Waals surface area contributed by atoms with Crippen LogP contribution in [0.15, 0.2) is 61.1 Å². The largest absolute Gasteiger partial charge is 0.492 e. The van der Waals surface area contributed by atoms with Crippen LogP contribution in [0.4, 0.5) is 10.2 Å². The molecule has 1 fully saturated rings. The van der Waals surface area contributed by atoms with Crippen LogP contribution < -0.4 is 9.64 Å². The van der Waals surface area contributed by atoms with Crippen molar-refractivity contribution in [1.29, 1.82) is 0 Å². The van der Waals surface area contributed by atoms with E-state index in [0.29, 0.717) is 31.1 Å². The van der Waals surface area contributed by atoms with Crippen LogP contribution >= 0.6 is 11.6 Å². The fourth-order valence-electron chi connectivity index (χ4n) is 5.05. The first-order valence-electron chi connectivity index (χ1n) is 12.4. The lowest BCUT2D eigenvalue weighted by molar-refractivity contribution is 0.0632. The zero-order chi connectivity index (χ0) is 26.4. The van der Waals surface area contributed by atoms with E-state index in [1.807, 2.05) is 49.3 Å². The fraction of sp³-hybridized carbons (Fsp3) is 0.259. The summed E-state index contributed by atoms with van der Waals surface area (Å²) in [5, 5.41) is 12.5. The number of aromatic nitrogens is 5. The van der Waals surface area contributed by atoms with Gasteiger partial charge < -0.3 is 14.5 Å². The maximum atomic E-state index is 14.3. The van der Waals surface area contributed by atoms with E-state index in [-0.39, 0.29) is 11.6 Å². The van der Waals surface area contributed by atoms with Crippen LogP contribution in [0.2, 0.25) is 0 Å². The summed E-state index contributed by atoms with van der Waals surface area (Å²) in [4.78, 5) is 21.4. The molecule has 1 amide bonds. The van der Waals surface area contributed by atoms with E-state index in [9.17, 15) is 9.18 Å². The Morgan fingerprint density at radius 1 is 1.21 bits per heavy atom. The van der Waals surface area contributed by atoms with E-state index < -0.39 is 17.2 Å². The smallest absolute Gasteiger partial charge is 0.258 e. The lowest BCUT2D eigenvalue weighted by Crippen LogP contribution is -2.58. The first-order chi connectivity index (χ1) is 18.4. The molecule has 6 rings (SSSR count). The van der Waals surface area contributed by atoms with Gasteiger partial charge in [-0.2, -0.15) is 5.10 Å². The van der Waals surface area contributed by atoms with Gasteiger partial charge in [0.1, 0.15) is 22.9 Å². The second-order valence-corrected chi connectivity index (χ2v) is 9.74. The highest BCUT2D eigenvalue weighted by Gasteiger charge is 2.36. The van der Waals surface area contributed by atoms with Crippen molar-refractivity contribution in [2.24, 2.45) is 0 Å². The van der Waals surface area contributed by atoms with Crippen molar-refractivity contribution in [3.05, 3.63) is 72.4 Å². The predicted molar refractivity (Wildman–Crippen MR) is 143 cm³/mol. The van der Waals surface area contributed by atoms with Crippen molar-refractivity contribution >= 4 is 39.9 Å². The lowest BCUT2D eigenvalue weighted by atomic mass is 10.1. The van der Waals surface area contributed by atoms with Crippen LogP contribution in [-0.4, -0.2) is 66.8 Å². The summed E-state index contributed by atoms with van der Waals surface area (Å²) in [7, 11) is 0. The number of hydrogen-bond acceptors (Lipinski definition) is 6. The summed E-state index contributed by atoms with van der Waals surface area (Å²) < 4.78 is 21.8. The van der Waals surface area contributed by atoms with E-state index >= 15 is 0 Å². The van der Waals surface area contributed by atoms with Gasteiger partial charge in [-0.1, -0.05) is 23.7 Å². The van der Waals surface area contributed by atoms with E-state index in [1.165, 1.54) is 17.0 Å². The van der Waals surface area contributed by atoms with Gasteiger partial charge >= 0.3 is 0 Å². The third-order valence-electron chi connectivity index (χ3n) is 6.77. The molecule has 2 unspecified atom stereocenters. The minimum Gasteiger partial charge on any atom is -0.492 e. The molecule has 1 aliphatic heterocycles. The first-order valence-corrected chi connectivity index (χ1v) is 12.8. The first kappa shape index (κ1) is 24.2. The molecule has 194 valence electrons. The number of nitrogens with zero attached hydrogens (tertiary/aromatic N) is 6. The predicted octanol–water partition coefficient (Wildman–Crippen LogP) is 4.73. The van der Waals surface area contributed by atoms with Crippen LogP contribution in [0.1, 0.15) is 24.2 Å². The number of benzene rings is 1. The highest BCUT2D eigenvalue weighted by Crippen LogP contribution is 2.34. The number of nitrogens with one attached hydrogen (secondary N) is 1. The molecule has 9 nitrogen and oxygen atoms in total. The molecule has 0 bridgehead atoms. The molecule has 38 heavy (non-hydrogen) atoms. The van der Waals surface area contributed by atoms with Gasteiger partial charge in [-0.25, -0.2) is 13.9 Å². The molecule has 1 aromatic carbocycles. The molecule has 0 radical (unpaired) electrons. The van der Waals surface area contributed by atoms with E-state index in [0.717, 1.165) is 27.8 Å². The van der Waals surface area contributed by atoms with Gasteiger partial charge in [0.25, 0.3) is 5.91 Å². The minimum absolute atomic E-state index is 0.0214. The molecule has 2 atom stereocenters. The van der Waals surface area contributed by atoms with Crippen LogP contribution in [0.3, 0.4) is 0 Å². The van der Waals surface area contributed by atoms with E-state index in [4.69, 9.17) is 21.3 Å². The molecule has 1 N–H and O–H groups in total. The van der Waals surface area contributed by atoms with Crippen LogP contribution in [0.5, 0.6) is 5.75 Å². The molecule has 4 aromatic heterocycles.